The second-order valence-corrected chi connectivity index (χ2v) is 13.1. The Kier molecular flexibility index (Phi) is 5.03. The standard InChI is InChI=1S/C18H22ClN3OSi/c1-24(2,3)11-10-23-13-22-12-16(14-6-8-20-9-7-14)15-4-5-17(19)21-18(15)22/h4-9,12H,10-11,13H2,1-3H3. The molecule has 0 atom stereocenters. The summed E-state index contributed by atoms with van der Waals surface area (Å²) in [4.78, 5) is 8.58. The minimum atomic E-state index is -1.08. The molecule has 0 amide bonds. The van der Waals surface area contributed by atoms with Crippen molar-refractivity contribution in [1.29, 1.82) is 0 Å². The second kappa shape index (κ2) is 7.05. The lowest BCUT2D eigenvalue weighted by Crippen LogP contribution is -2.22. The highest BCUT2D eigenvalue weighted by Gasteiger charge is 2.14. The van der Waals surface area contributed by atoms with Gasteiger partial charge in [0, 0.05) is 44.2 Å². The van der Waals surface area contributed by atoms with Crippen LogP contribution < -0.4 is 0 Å². The lowest BCUT2D eigenvalue weighted by molar-refractivity contribution is 0.0899. The molecule has 3 aromatic rings. The zero-order valence-corrected chi connectivity index (χ0v) is 16.0. The summed E-state index contributed by atoms with van der Waals surface area (Å²) in [5, 5.41) is 1.56. The van der Waals surface area contributed by atoms with Gasteiger partial charge in [-0.05, 0) is 35.9 Å². The SMILES string of the molecule is C[Si](C)(C)CCOCn1cc(-c2ccncc2)c2ccc(Cl)nc21. The van der Waals surface area contributed by atoms with E-state index in [0.717, 1.165) is 34.8 Å². The Bertz CT molecular complexity index is 827. The maximum atomic E-state index is 6.10. The summed E-state index contributed by atoms with van der Waals surface area (Å²) in [6.07, 6.45) is 5.68. The third-order valence-corrected chi connectivity index (χ3v) is 5.82. The van der Waals surface area contributed by atoms with Gasteiger partial charge < -0.3 is 9.30 Å². The monoisotopic (exact) mass is 359 g/mol. The first-order valence-corrected chi connectivity index (χ1v) is 12.2. The van der Waals surface area contributed by atoms with Gasteiger partial charge in [0.05, 0.1) is 0 Å². The van der Waals surface area contributed by atoms with E-state index in [2.05, 4.69) is 35.8 Å². The summed E-state index contributed by atoms with van der Waals surface area (Å²) in [5.41, 5.74) is 3.08. The van der Waals surface area contributed by atoms with E-state index in [4.69, 9.17) is 16.3 Å². The van der Waals surface area contributed by atoms with Crippen molar-refractivity contribution >= 4 is 30.7 Å². The molecule has 0 aliphatic rings. The molecule has 4 nitrogen and oxygen atoms in total. The van der Waals surface area contributed by atoms with E-state index < -0.39 is 8.07 Å². The Morgan fingerprint density at radius 3 is 2.58 bits per heavy atom. The number of rotatable bonds is 6. The Labute approximate surface area is 148 Å². The van der Waals surface area contributed by atoms with Crippen LogP contribution in [-0.2, 0) is 11.5 Å². The van der Waals surface area contributed by atoms with E-state index in [1.165, 1.54) is 0 Å². The molecular formula is C18H22ClN3OSi. The third kappa shape index (κ3) is 4.04. The van der Waals surface area contributed by atoms with Gasteiger partial charge in [-0.15, -0.1) is 0 Å². The van der Waals surface area contributed by atoms with Crippen LogP contribution in [0.5, 0.6) is 0 Å². The summed E-state index contributed by atoms with van der Waals surface area (Å²) < 4.78 is 7.92. The van der Waals surface area contributed by atoms with Crippen LogP contribution >= 0.6 is 11.6 Å². The van der Waals surface area contributed by atoms with Gasteiger partial charge in [0.2, 0.25) is 0 Å². The predicted molar refractivity (Wildman–Crippen MR) is 102 cm³/mol. The molecule has 0 saturated heterocycles. The molecule has 0 radical (unpaired) electrons. The van der Waals surface area contributed by atoms with Crippen LogP contribution in [0.15, 0.2) is 42.9 Å². The Morgan fingerprint density at radius 2 is 1.88 bits per heavy atom. The molecule has 0 N–H and O–H groups in total. The van der Waals surface area contributed by atoms with Gasteiger partial charge in [-0.3, -0.25) is 4.98 Å². The van der Waals surface area contributed by atoms with E-state index in [9.17, 15) is 0 Å². The Morgan fingerprint density at radius 1 is 1.12 bits per heavy atom. The molecule has 3 rings (SSSR count). The molecule has 3 aromatic heterocycles. The molecule has 0 aromatic carbocycles. The quantitative estimate of drug-likeness (QED) is 0.350. The Hall–Kier alpha value is -1.69. The molecule has 126 valence electrons. The fourth-order valence-corrected chi connectivity index (χ4v) is 3.44. The molecule has 0 saturated carbocycles. The largest absolute Gasteiger partial charge is 0.361 e. The van der Waals surface area contributed by atoms with Crippen LogP contribution in [0.3, 0.4) is 0 Å². The summed E-state index contributed by atoms with van der Waals surface area (Å²) in [7, 11) is -1.08. The van der Waals surface area contributed by atoms with E-state index in [1.807, 2.05) is 28.8 Å². The number of pyridine rings is 2. The van der Waals surface area contributed by atoms with Crippen LogP contribution in [0.1, 0.15) is 0 Å². The fraction of sp³-hybridized carbons (Fsp3) is 0.333. The van der Waals surface area contributed by atoms with Crippen LogP contribution in [0.25, 0.3) is 22.2 Å². The van der Waals surface area contributed by atoms with Gasteiger partial charge in [-0.1, -0.05) is 31.2 Å². The second-order valence-electron chi connectivity index (χ2n) is 7.10. The van der Waals surface area contributed by atoms with Gasteiger partial charge in [-0.2, -0.15) is 0 Å². The number of hydrogen-bond acceptors (Lipinski definition) is 3. The summed E-state index contributed by atoms with van der Waals surface area (Å²) in [6, 6.07) is 8.99. The lowest BCUT2D eigenvalue weighted by Gasteiger charge is -2.15. The van der Waals surface area contributed by atoms with Crippen molar-refractivity contribution in [3.8, 4) is 11.1 Å². The number of hydrogen-bond donors (Lipinski definition) is 0. The number of aromatic nitrogens is 3. The van der Waals surface area contributed by atoms with Crippen LogP contribution in [0.2, 0.25) is 30.8 Å². The summed E-state index contributed by atoms with van der Waals surface area (Å²) >= 11 is 6.10. The normalized spacial score (nSPS) is 12.0. The average Bonchev–Trinajstić information content (AvgIpc) is 2.89. The number of nitrogens with zero attached hydrogens (tertiary/aromatic N) is 3. The van der Waals surface area contributed by atoms with Crippen molar-refractivity contribution in [1.82, 2.24) is 14.5 Å². The van der Waals surface area contributed by atoms with E-state index >= 15 is 0 Å². The zero-order valence-electron chi connectivity index (χ0n) is 14.3. The molecule has 0 spiro atoms. The zero-order chi connectivity index (χ0) is 17.2. The van der Waals surface area contributed by atoms with Gasteiger partial charge in [0.15, 0.2) is 0 Å². The topological polar surface area (TPSA) is 39.9 Å². The Balaban J connectivity index is 1.89. The number of ether oxygens (including phenoxy) is 1. The van der Waals surface area contributed by atoms with Crippen molar-refractivity contribution in [3.05, 3.63) is 48.0 Å². The predicted octanol–water partition coefficient (Wildman–Crippen LogP) is 5.06. The maximum absolute atomic E-state index is 6.10. The molecule has 24 heavy (non-hydrogen) atoms. The first-order valence-electron chi connectivity index (χ1n) is 8.07. The van der Waals surface area contributed by atoms with E-state index in [1.54, 1.807) is 12.4 Å². The van der Waals surface area contributed by atoms with Crippen LogP contribution in [0, 0.1) is 0 Å². The van der Waals surface area contributed by atoms with E-state index in [0.29, 0.717) is 11.9 Å². The molecule has 6 heteroatoms. The van der Waals surface area contributed by atoms with Crippen molar-refractivity contribution in [3.63, 3.8) is 0 Å². The maximum Gasteiger partial charge on any atom is 0.144 e. The van der Waals surface area contributed by atoms with Crippen molar-refractivity contribution in [2.75, 3.05) is 6.61 Å². The van der Waals surface area contributed by atoms with Crippen LogP contribution in [-0.4, -0.2) is 29.2 Å². The smallest absolute Gasteiger partial charge is 0.144 e. The minimum absolute atomic E-state index is 0.486. The summed E-state index contributed by atoms with van der Waals surface area (Å²) in [5.74, 6) is 0. The van der Waals surface area contributed by atoms with Crippen LogP contribution in [0.4, 0.5) is 0 Å². The molecule has 0 fully saturated rings. The molecule has 0 bridgehead atoms. The number of fused-ring (bicyclic) bond motifs is 1. The van der Waals surface area contributed by atoms with Gasteiger partial charge in [0.1, 0.15) is 17.5 Å². The third-order valence-electron chi connectivity index (χ3n) is 3.91. The highest BCUT2D eigenvalue weighted by Crippen LogP contribution is 2.30. The highest BCUT2D eigenvalue weighted by molar-refractivity contribution is 6.76. The summed E-state index contributed by atoms with van der Waals surface area (Å²) in [6.45, 7) is 8.32. The first-order chi connectivity index (χ1) is 11.4. The van der Waals surface area contributed by atoms with E-state index in [-0.39, 0.29) is 0 Å². The lowest BCUT2D eigenvalue weighted by atomic mass is 10.1. The fourth-order valence-electron chi connectivity index (χ4n) is 2.54. The first kappa shape index (κ1) is 17.1. The minimum Gasteiger partial charge on any atom is -0.361 e. The van der Waals surface area contributed by atoms with Gasteiger partial charge in [0.25, 0.3) is 0 Å². The molecule has 0 aliphatic heterocycles. The van der Waals surface area contributed by atoms with Crippen molar-refractivity contribution in [2.45, 2.75) is 32.4 Å². The highest BCUT2D eigenvalue weighted by atomic mass is 35.5. The molecule has 0 aliphatic carbocycles. The molecule has 3 heterocycles. The van der Waals surface area contributed by atoms with Crippen molar-refractivity contribution < 1.29 is 4.74 Å². The average molecular weight is 360 g/mol. The molecule has 0 unspecified atom stereocenters. The van der Waals surface area contributed by atoms with Gasteiger partial charge >= 0.3 is 0 Å². The number of halogens is 1. The van der Waals surface area contributed by atoms with Gasteiger partial charge in [-0.25, -0.2) is 4.98 Å². The van der Waals surface area contributed by atoms with Crippen molar-refractivity contribution in [2.24, 2.45) is 0 Å². The molecular weight excluding hydrogens is 338 g/mol.